The lowest BCUT2D eigenvalue weighted by Gasteiger charge is -2.21. The number of nitriles is 1. The Kier molecular flexibility index (Phi) is 4.79. The first kappa shape index (κ1) is 20.6. The van der Waals surface area contributed by atoms with Gasteiger partial charge in [-0.2, -0.15) is 5.26 Å². The van der Waals surface area contributed by atoms with Crippen LogP contribution in [0.4, 0.5) is 0 Å². The van der Waals surface area contributed by atoms with Crippen LogP contribution in [0, 0.1) is 11.3 Å². The molecule has 0 aliphatic carbocycles. The van der Waals surface area contributed by atoms with E-state index in [9.17, 15) is 10.1 Å². The Hall–Kier alpha value is -4.31. The van der Waals surface area contributed by atoms with E-state index in [4.69, 9.17) is 19.2 Å². The maximum absolute atomic E-state index is 12.6. The molecule has 1 atom stereocenters. The largest absolute Gasteiger partial charge is 0.497 e. The number of aromatic nitrogens is 2. The normalized spacial score (nSPS) is 14.3. The molecule has 2 aromatic heterocycles. The molecule has 164 valence electrons. The molecule has 0 saturated carbocycles. The molecule has 0 amide bonds. The standard InChI is InChI=1S/C26H21N3O4/c1-14(12-27)22-23-15(9-16(31-2)10-21(23)32-3)13-29-20-8-6-5-7-17(20)18-11-19(26(30)33-4)28-24(22)25(18)29/h5-11,22H,1,13H2,2-4H3. The minimum absolute atomic E-state index is 0.176. The number of carbonyl (C=O) groups is 1. The monoisotopic (exact) mass is 439 g/mol. The van der Waals surface area contributed by atoms with Gasteiger partial charge >= 0.3 is 5.97 Å². The van der Waals surface area contributed by atoms with E-state index >= 15 is 0 Å². The van der Waals surface area contributed by atoms with Crippen molar-refractivity contribution in [3.63, 3.8) is 0 Å². The highest BCUT2D eigenvalue weighted by molar-refractivity contribution is 6.11. The molecule has 0 saturated heterocycles. The molecule has 7 heteroatoms. The molecule has 33 heavy (non-hydrogen) atoms. The fourth-order valence-corrected chi connectivity index (χ4v) is 4.79. The number of rotatable bonds is 4. The fourth-order valence-electron chi connectivity index (χ4n) is 4.79. The van der Waals surface area contributed by atoms with Crippen LogP contribution in [0.1, 0.15) is 33.2 Å². The number of fused-ring (bicyclic) bond motifs is 4. The smallest absolute Gasteiger partial charge is 0.356 e. The molecule has 0 N–H and O–H groups in total. The topological polar surface area (TPSA) is 86.4 Å². The number of hydrogen-bond donors (Lipinski definition) is 0. The zero-order chi connectivity index (χ0) is 23.3. The van der Waals surface area contributed by atoms with Crippen molar-refractivity contribution in [2.24, 2.45) is 0 Å². The second-order valence-electron chi connectivity index (χ2n) is 7.86. The third-order valence-corrected chi connectivity index (χ3v) is 6.21. The molecule has 0 spiro atoms. The van der Waals surface area contributed by atoms with Crippen molar-refractivity contribution in [3.05, 3.63) is 77.1 Å². The minimum atomic E-state index is -0.608. The molecule has 7 nitrogen and oxygen atoms in total. The predicted molar refractivity (Wildman–Crippen MR) is 124 cm³/mol. The van der Waals surface area contributed by atoms with Crippen molar-refractivity contribution >= 4 is 27.8 Å². The average Bonchev–Trinajstić information content (AvgIpc) is 3.08. The van der Waals surface area contributed by atoms with E-state index in [2.05, 4.69) is 17.2 Å². The zero-order valence-corrected chi connectivity index (χ0v) is 18.5. The molecule has 0 radical (unpaired) electrons. The van der Waals surface area contributed by atoms with E-state index in [1.165, 1.54) is 7.11 Å². The van der Waals surface area contributed by atoms with Crippen LogP contribution in [-0.2, 0) is 11.3 Å². The summed E-state index contributed by atoms with van der Waals surface area (Å²) in [5.74, 6) is 0.0639. The number of nitrogens with zero attached hydrogens (tertiary/aromatic N) is 3. The number of allylic oxidation sites excluding steroid dienone is 1. The molecular weight excluding hydrogens is 418 g/mol. The summed E-state index contributed by atoms with van der Waals surface area (Å²) in [5, 5.41) is 11.7. The summed E-state index contributed by atoms with van der Waals surface area (Å²) in [7, 11) is 4.51. The predicted octanol–water partition coefficient (Wildman–Crippen LogP) is 4.57. The van der Waals surface area contributed by atoms with Crippen LogP contribution in [0.2, 0.25) is 0 Å². The Balaban J connectivity index is 1.99. The lowest BCUT2D eigenvalue weighted by atomic mass is 9.85. The Labute approximate surface area is 190 Å². The van der Waals surface area contributed by atoms with Gasteiger partial charge in [0.05, 0.1) is 44.5 Å². The molecule has 1 aliphatic rings. The molecule has 3 heterocycles. The molecule has 1 aliphatic heterocycles. The number of benzene rings is 2. The maximum atomic E-state index is 12.6. The van der Waals surface area contributed by atoms with Crippen molar-refractivity contribution in [1.29, 1.82) is 5.26 Å². The second kappa shape index (κ2) is 7.68. The first-order valence-electron chi connectivity index (χ1n) is 10.4. The van der Waals surface area contributed by atoms with Gasteiger partial charge in [0, 0.05) is 40.0 Å². The highest BCUT2D eigenvalue weighted by Gasteiger charge is 2.34. The van der Waals surface area contributed by atoms with Gasteiger partial charge in [0.2, 0.25) is 0 Å². The SMILES string of the molecule is C=C(C#N)C1c2c(cc(OC)cc2OC)Cn2c3ccccc3c3cc(C(=O)OC)nc1c32. The van der Waals surface area contributed by atoms with Crippen LogP contribution in [0.25, 0.3) is 21.8 Å². The lowest BCUT2D eigenvalue weighted by Crippen LogP contribution is -2.12. The fraction of sp³-hybridized carbons (Fsp3) is 0.192. The number of para-hydroxylation sites is 1. The van der Waals surface area contributed by atoms with Crippen LogP contribution >= 0.6 is 0 Å². The number of esters is 1. The van der Waals surface area contributed by atoms with E-state index in [0.29, 0.717) is 29.3 Å². The Morgan fingerprint density at radius 1 is 1.15 bits per heavy atom. The van der Waals surface area contributed by atoms with Gasteiger partial charge in [0.15, 0.2) is 0 Å². The molecular formula is C26H21N3O4. The van der Waals surface area contributed by atoms with E-state index < -0.39 is 11.9 Å². The maximum Gasteiger partial charge on any atom is 0.356 e. The molecule has 1 unspecified atom stereocenters. The third-order valence-electron chi connectivity index (χ3n) is 6.21. The van der Waals surface area contributed by atoms with Gasteiger partial charge in [-0.05, 0) is 23.8 Å². The van der Waals surface area contributed by atoms with E-state index in [1.807, 2.05) is 30.3 Å². The molecule has 5 rings (SSSR count). The van der Waals surface area contributed by atoms with Crippen molar-refractivity contribution in [2.45, 2.75) is 12.5 Å². The van der Waals surface area contributed by atoms with Gasteiger partial charge in [0.1, 0.15) is 17.2 Å². The zero-order valence-electron chi connectivity index (χ0n) is 18.5. The van der Waals surface area contributed by atoms with E-state index in [1.54, 1.807) is 26.4 Å². The summed E-state index contributed by atoms with van der Waals surface area (Å²) in [5.41, 5.74) is 4.60. The van der Waals surface area contributed by atoms with Crippen molar-refractivity contribution < 1.29 is 19.0 Å². The Morgan fingerprint density at radius 2 is 1.94 bits per heavy atom. The average molecular weight is 439 g/mol. The van der Waals surface area contributed by atoms with Crippen LogP contribution in [0.15, 0.2) is 54.6 Å². The number of methoxy groups -OCH3 is 3. The number of hydrogen-bond acceptors (Lipinski definition) is 6. The summed E-state index contributed by atoms with van der Waals surface area (Å²) in [4.78, 5) is 17.3. The second-order valence-corrected chi connectivity index (χ2v) is 7.86. The quantitative estimate of drug-likeness (QED) is 0.342. The number of pyridine rings is 1. The lowest BCUT2D eigenvalue weighted by molar-refractivity contribution is 0.0594. The molecule has 0 bridgehead atoms. The summed E-state index contributed by atoms with van der Waals surface area (Å²) in [6.45, 7) is 4.56. The number of carbonyl (C=O) groups excluding carboxylic acids is 1. The van der Waals surface area contributed by atoms with Crippen LogP contribution in [-0.4, -0.2) is 36.8 Å². The van der Waals surface area contributed by atoms with Gasteiger partial charge in [-0.25, -0.2) is 9.78 Å². The number of ether oxygens (including phenoxy) is 3. The van der Waals surface area contributed by atoms with Crippen LogP contribution < -0.4 is 9.47 Å². The van der Waals surface area contributed by atoms with Gasteiger partial charge < -0.3 is 18.8 Å². The highest BCUT2D eigenvalue weighted by atomic mass is 16.5. The summed E-state index contributed by atoms with van der Waals surface area (Å²) >= 11 is 0. The molecule has 0 fully saturated rings. The summed E-state index contributed by atoms with van der Waals surface area (Å²) < 4.78 is 18.4. The van der Waals surface area contributed by atoms with Crippen molar-refractivity contribution in [3.8, 4) is 17.6 Å². The third kappa shape index (κ3) is 2.95. The van der Waals surface area contributed by atoms with E-state index in [-0.39, 0.29) is 5.69 Å². The Morgan fingerprint density at radius 3 is 2.64 bits per heavy atom. The highest BCUT2D eigenvalue weighted by Crippen LogP contribution is 2.47. The Bertz CT molecular complexity index is 1510. The van der Waals surface area contributed by atoms with Crippen LogP contribution in [0.3, 0.4) is 0 Å². The van der Waals surface area contributed by atoms with Gasteiger partial charge in [-0.15, -0.1) is 0 Å². The van der Waals surface area contributed by atoms with Crippen LogP contribution in [0.5, 0.6) is 11.5 Å². The van der Waals surface area contributed by atoms with Gasteiger partial charge in [-0.1, -0.05) is 24.8 Å². The first-order chi connectivity index (χ1) is 16.0. The summed E-state index contributed by atoms with van der Waals surface area (Å²) in [6.07, 6.45) is 0. The molecule has 4 aromatic rings. The summed E-state index contributed by atoms with van der Waals surface area (Å²) in [6, 6.07) is 15.7. The van der Waals surface area contributed by atoms with Crippen molar-refractivity contribution in [1.82, 2.24) is 9.55 Å². The first-order valence-corrected chi connectivity index (χ1v) is 10.4. The minimum Gasteiger partial charge on any atom is -0.497 e. The van der Waals surface area contributed by atoms with E-state index in [0.717, 1.165) is 32.9 Å². The van der Waals surface area contributed by atoms with Gasteiger partial charge in [0.25, 0.3) is 0 Å². The van der Waals surface area contributed by atoms with Gasteiger partial charge in [-0.3, -0.25) is 0 Å². The molecule has 2 aromatic carbocycles. The van der Waals surface area contributed by atoms with Crippen molar-refractivity contribution in [2.75, 3.05) is 21.3 Å².